The lowest BCUT2D eigenvalue weighted by Crippen LogP contribution is -2.52. The quantitative estimate of drug-likeness (QED) is 0.733. The molecule has 0 spiro atoms. The predicted molar refractivity (Wildman–Crippen MR) is 94.2 cm³/mol. The van der Waals surface area contributed by atoms with Crippen LogP contribution in [0.5, 0.6) is 0 Å². The summed E-state index contributed by atoms with van der Waals surface area (Å²) in [4.78, 5) is 27.7. The first-order valence-electron chi connectivity index (χ1n) is 9.28. The summed E-state index contributed by atoms with van der Waals surface area (Å²) in [5, 5.41) is 0. The van der Waals surface area contributed by atoms with Crippen molar-refractivity contribution in [1.29, 1.82) is 0 Å². The summed E-state index contributed by atoms with van der Waals surface area (Å²) in [7, 11) is 0. The molecule has 6 heteroatoms. The van der Waals surface area contributed by atoms with E-state index in [0.29, 0.717) is 32.1 Å². The number of hydrogen-bond acceptors (Lipinski definition) is 4. The normalized spacial score (nSPS) is 33.2. The fourth-order valence-electron chi connectivity index (χ4n) is 4.80. The van der Waals surface area contributed by atoms with Crippen LogP contribution in [0.25, 0.3) is 0 Å². The third kappa shape index (κ3) is 3.00. The van der Waals surface area contributed by atoms with Gasteiger partial charge in [-0.15, -0.1) is 0 Å². The van der Waals surface area contributed by atoms with Crippen molar-refractivity contribution >= 4 is 12.2 Å². The van der Waals surface area contributed by atoms with E-state index >= 15 is 0 Å². The largest absolute Gasteiger partial charge is 0.445 e. The van der Waals surface area contributed by atoms with E-state index in [9.17, 15) is 9.59 Å². The molecule has 2 bridgehead atoms. The van der Waals surface area contributed by atoms with Gasteiger partial charge in [-0.05, 0) is 30.6 Å². The Bertz CT molecular complexity index is 554. The van der Waals surface area contributed by atoms with Crippen LogP contribution in [-0.2, 0) is 9.47 Å². The van der Waals surface area contributed by atoms with Gasteiger partial charge in [0.25, 0.3) is 0 Å². The zero-order valence-corrected chi connectivity index (χ0v) is 15.6. The molecule has 6 nitrogen and oxygen atoms in total. The zero-order chi connectivity index (χ0) is 18.2. The molecule has 3 fully saturated rings. The second-order valence-electron chi connectivity index (χ2n) is 8.32. The number of carbonyl (C=O) groups excluding carboxylic acids is 2. The second-order valence-corrected chi connectivity index (χ2v) is 8.32. The molecule has 0 radical (unpaired) electrons. The minimum absolute atomic E-state index is 0.00402. The third-order valence-corrected chi connectivity index (χ3v) is 7.08. The van der Waals surface area contributed by atoms with E-state index in [1.807, 2.05) is 0 Å². The molecule has 2 saturated carbocycles. The Morgan fingerprint density at radius 1 is 1.12 bits per heavy atom. The minimum Gasteiger partial charge on any atom is -0.445 e. The monoisotopic (exact) mass is 350 g/mol. The van der Waals surface area contributed by atoms with Crippen LogP contribution >= 0.6 is 0 Å². The predicted octanol–water partition coefficient (Wildman–Crippen LogP) is 3.28. The minimum atomic E-state index is -0.352. The topological polar surface area (TPSA) is 59.1 Å². The van der Waals surface area contributed by atoms with Crippen LogP contribution < -0.4 is 0 Å². The molecule has 2 aliphatic carbocycles. The molecule has 3 rings (SSSR count). The molecule has 25 heavy (non-hydrogen) atoms. The molecule has 1 aliphatic heterocycles. The molecule has 1 saturated heterocycles. The van der Waals surface area contributed by atoms with Crippen molar-refractivity contribution in [3.8, 4) is 0 Å². The summed E-state index contributed by atoms with van der Waals surface area (Å²) in [5.41, 5.74) is 0.301. The molecule has 2 amide bonds. The molecule has 3 aliphatic rings. The number of rotatable bonds is 3. The van der Waals surface area contributed by atoms with E-state index in [-0.39, 0.29) is 35.7 Å². The second kappa shape index (κ2) is 6.54. The lowest BCUT2D eigenvalue weighted by Gasteiger charge is -2.40. The Hall–Kier alpha value is -1.72. The Morgan fingerprint density at radius 3 is 2.20 bits per heavy atom. The summed E-state index contributed by atoms with van der Waals surface area (Å²) in [5.74, 6) is 0.645. The van der Waals surface area contributed by atoms with E-state index in [0.717, 1.165) is 12.8 Å². The van der Waals surface area contributed by atoms with Gasteiger partial charge in [-0.1, -0.05) is 33.4 Å². The smallest absolute Gasteiger partial charge is 0.410 e. The fraction of sp³-hybridized carbons (Fsp3) is 0.789. The zero-order valence-electron chi connectivity index (χ0n) is 15.6. The van der Waals surface area contributed by atoms with Crippen molar-refractivity contribution < 1.29 is 19.1 Å². The summed E-state index contributed by atoms with van der Waals surface area (Å²) in [6.07, 6.45) is 4.30. The molecule has 0 N–H and O–H groups in total. The van der Waals surface area contributed by atoms with Crippen molar-refractivity contribution in [3.63, 3.8) is 0 Å². The van der Waals surface area contributed by atoms with Crippen LogP contribution in [0.1, 0.15) is 40.0 Å². The van der Waals surface area contributed by atoms with Crippen molar-refractivity contribution in [2.75, 3.05) is 32.8 Å². The van der Waals surface area contributed by atoms with E-state index in [2.05, 4.69) is 27.4 Å². The van der Waals surface area contributed by atoms with Gasteiger partial charge in [0.05, 0.1) is 0 Å². The molecule has 140 valence electrons. The van der Waals surface area contributed by atoms with Crippen molar-refractivity contribution in [1.82, 2.24) is 9.80 Å². The van der Waals surface area contributed by atoms with Crippen LogP contribution in [0.3, 0.4) is 0 Å². The Morgan fingerprint density at radius 2 is 1.72 bits per heavy atom. The van der Waals surface area contributed by atoms with Gasteiger partial charge in [0, 0.05) is 31.6 Å². The van der Waals surface area contributed by atoms with Gasteiger partial charge in [-0.3, -0.25) is 0 Å². The molecule has 3 unspecified atom stereocenters. The van der Waals surface area contributed by atoms with Gasteiger partial charge in [0.15, 0.2) is 0 Å². The lowest BCUT2D eigenvalue weighted by molar-refractivity contribution is -0.0233. The molecular formula is C19H30N2O4. The molecule has 0 aromatic carbocycles. The summed E-state index contributed by atoms with van der Waals surface area (Å²) in [6.45, 7) is 12.5. The molecule has 0 aromatic rings. The number of nitrogens with zero attached hydrogens (tertiary/aromatic N) is 2. The highest BCUT2D eigenvalue weighted by atomic mass is 16.6. The maximum atomic E-state index is 12.6. The SMILES string of the molecule is C=CCOC(=O)N1CCN(C(=O)OC2CC3CCC2(C)C3(C)C)CC1. The Balaban J connectivity index is 1.51. The van der Waals surface area contributed by atoms with Gasteiger partial charge in [-0.2, -0.15) is 0 Å². The van der Waals surface area contributed by atoms with Gasteiger partial charge in [0.1, 0.15) is 12.7 Å². The van der Waals surface area contributed by atoms with Crippen LogP contribution in [0.15, 0.2) is 12.7 Å². The summed E-state index contributed by atoms with van der Waals surface area (Å²) < 4.78 is 11.0. The first-order valence-corrected chi connectivity index (χ1v) is 9.28. The number of ether oxygens (including phenoxy) is 2. The standard InChI is InChI=1S/C19H30N2O4/c1-5-12-24-16(22)20-8-10-21(11-9-20)17(23)25-15-13-14-6-7-19(15,4)18(14,2)3/h5,14-15H,1,6-13H2,2-4H3. The van der Waals surface area contributed by atoms with Crippen LogP contribution in [-0.4, -0.2) is 60.9 Å². The highest BCUT2D eigenvalue weighted by molar-refractivity contribution is 5.70. The lowest BCUT2D eigenvalue weighted by atomic mass is 9.70. The fourth-order valence-corrected chi connectivity index (χ4v) is 4.80. The van der Waals surface area contributed by atoms with E-state index in [4.69, 9.17) is 9.47 Å². The van der Waals surface area contributed by atoms with Crippen molar-refractivity contribution in [2.45, 2.75) is 46.1 Å². The van der Waals surface area contributed by atoms with Crippen LogP contribution in [0, 0.1) is 16.7 Å². The van der Waals surface area contributed by atoms with Gasteiger partial charge < -0.3 is 19.3 Å². The van der Waals surface area contributed by atoms with Gasteiger partial charge in [0.2, 0.25) is 0 Å². The first-order chi connectivity index (χ1) is 11.8. The molecule has 0 aromatic heterocycles. The van der Waals surface area contributed by atoms with E-state index < -0.39 is 0 Å². The molecule has 1 heterocycles. The van der Waals surface area contributed by atoms with Crippen LogP contribution in [0.4, 0.5) is 9.59 Å². The van der Waals surface area contributed by atoms with E-state index in [1.54, 1.807) is 15.9 Å². The van der Waals surface area contributed by atoms with Crippen molar-refractivity contribution in [2.24, 2.45) is 16.7 Å². The Labute approximate surface area is 150 Å². The Kier molecular flexibility index (Phi) is 4.73. The average Bonchev–Trinajstić information content (AvgIpc) is 2.93. The van der Waals surface area contributed by atoms with Gasteiger partial charge in [-0.25, -0.2) is 9.59 Å². The highest BCUT2D eigenvalue weighted by Gasteiger charge is 2.63. The first kappa shape index (κ1) is 18.1. The number of amides is 2. The maximum absolute atomic E-state index is 12.6. The summed E-state index contributed by atoms with van der Waals surface area (Å²) >= 11 is 0. The highest BCUT2D eigenvalue weighted by Crippen LogP contribution is 2.66. The number of fused-ring (bicyclic) bond motifs is 2. The van der Waals surface area contributed by atoms with Crippen molar-refractivity contribution in [3.05, 3.63) is 12.7 Å². The summed E-state index contributed by atoms with van der Waals surface area (Å²) in [6, 6.07) is 0. The van der Waals surface area contributed by atoms with E-state index in [1.165, 1.54) is 6.42 Å². The number of piperazine rings is 1. The van der Waals surface area contributed by atoms with Gasteiger partial charge >= 0.3 is 12.2 Å². The maximum Gasteiger partial charge on any atom is 0.410 e. The number of hydrogen-bond donors (Lipinski definition) is 0. The van der Waals surface area contributed by atoms with Crippen LogP contribution in [0.2, 0.25) is 0 Å². The molecular weight excluding hydrogens is 320 g/mol. The average molecular weight is 350 g/mol. The number of carbonyl (C=O) groups is 2. The third-order valence-electron chi connectivity index (χ3n) is 7.08. The molecule has 3 atom stereocenters.